The summed E-state index contributed by atoms with van der Waals surface area (Å²) in [6.45, 7) is 6.39. The number of carbonyl (C=O) groups excluding carboxylic acids is 1. The van der Waals surface area contributed by atoms with E-state index in [0.717, 1.165) is 66.9 Å². The lowest BCUT2D eigenvalue weighted by Gasteiger charge is -2.36. The van der Waals surface area contributed by atoms with E-state index in [0.29, 0.717) is 18.6 Å². The lowest BCUT2D eigenvalue weighted by atomic mass is 9.91. The predicted octanol–water partition coefficient (Wildman–Crippen LogP) is 2.51. The first-order valence-electron chi connectivity index (χ1n) is 10.3. The molecule has 1 saturated carbocycles. The molecule has 2 heterocycles. The van der Waals surface area contributed by atoms with Gasteiger partial charge in [0.25, 0.3) is 0 Å². The van der Waals surface area contributed by atoms with Gasteiger partial charge >= 0.3 is 0 Å². The van der Waals surface area contributed by atoms with Crippen molar-refractivity contribution in [3.8, 4) is 5.75 Å². The molecule has 4 rings (SSSR count). The van der Waals surface area contributed by atoms with Gasteiger partial charge in [0, 0.05) is 61.1 Å². The smallest absolute Gasteiger partial charge is 0.224 e. The van der Waals surface area contributed by atoms with Gasteiger partial charge in [0.15, 0.2) is 0 Å². The topological polar surface area (TPSA) is 80.0 Å². The fourth-order valence-electron chi connectivity index (χ4n) is 3.96. The summed E-state index contributed by atoms with van der Waals surface area (Å²) in [5.41, 5.74) is 9.89. The molecule has 0 bridgehead atoms. The van der Waals surface area contributed by atoms with E-state index in [1.165, 1.54) is 0 Å². The number of hydrogen-bond donors (Lipinski definition) is 2. The number of aliphatic imine (C=N–C) groups is 1. The Labute approximate surface area is 166 Å². The Bertz CT molecular complexity index is 809. The molecule has 0 aromatic heterocycles. The maximum absolute atomic E-state index is 12.3. The van der Waals surface area contributed by atoms with Crippen molar-refractivity contribution in [2.45, 2.75) is 51.6 Å². The molecule has 150 valence electrons. The van der Waals surface area contributed by atoms with Gasteiger partial charge in [-0.2, -0.15) is 0 Å². The quantitative estimate of drug-likeness (QED) is 0.741. The van der Waals surface area contributed by atoms with Crippen LogP contribution < -0.4 is 20.7 Å². The number of carbonyl (C=O) groups is 1. The summed E-state index contributed by atoms with van der Waals surface area (Å²) in [5, 5.41) is 3.29. The van der Waals surface area contributed by atoms with E-state index >= 15 is 0 Å². The van der Waals surface area contributed by atoms with Gasteiger partial charge in [0.1, 0.15) is 5.75 Å². The maximum atomic E-state index is 12.3. The lowest BCUT2D eigenvalue weighted by Crippen LogP contribution is -2.45. The average molecular weight is 383 g/mol. The summed E-state index contributed by atoms with van der Waals surface area (Å²) in [5.74, 6) is 1.46. The number of rotatable bonds is 6. The summed E-state index contributed by atoms with van der Waals surface area (Å²) in [6.07, 6.45) is 7.62. The number of benzene rings is 1. The summed E-state index contributed by atoms with van der Waals surface area (Å²) in [4.78, 5) is 18.8. The molecular weight excluding hydrogens is 352 g/mol. The van der Waals surface area contributed by atoms with Gasteiger partial charge in [-0.25, -0.2) is 0 Å². The number of nitrogens with zero attached hydrogens (tertiary/aromatic N) is 2. The van der Waals surface area contributed by atoms with Crippen LogP contribution in [0.25, 0.3) is 5.57 Å². The first-order valence-corrected chi connectivity index (χ1v) is 10.3. The Kier molecular flexibility index (Phi) is 5.40. The van der Waals surface area contributed by atoms with Gasteiger partial charge in [-0.15, -0.1) is 0 Å². The summed E-state index contributed by atoms with van der Waals surface area (Å²) < 4.78 is 6.37. The number of anilines is 1. The van der Waals surface area contributed by atoms with E-state index in [1.54, 1.807) is 13.1 Å². The van der Waals surface area contributed by atoms with Crippen LogP contribution in [0.5, 0.6) is 5.75 Å². The summed E-state index contributed by atoms with van der Waals surface area (Å²) in [7, 11) is 0. The monoisotopic (exact) mass is 382 g/mol. The fourth-order valence-corrected chi connectivity index (χ4v) is 3.96. The van der Waals surface area contributed by atoms with Gasteiger partial charge < -0.3 is 20.7 Å². The molecular formula is C22H30N4O2. The lowest BCUT2D eigenvalue weighted by molar-refractivity contribution is -0.117. The number of nitrogens with two attached hydrogens (primary N) is 1. The first kappa shape index (κ1) is 19.0. The zero-order chi connectivity index (χ0) is 19.7. The highest BCUT2D eigenvalue weighted by Crippen LogP contribution is 2.41. The molecule has 6 nitrogen and oxygen atoms in total. The Hall–Kier alpha value is -2.34. The number of ether oxygens (including phenoxy) is 1. The van der Waals surface area contributed by atoms with Crippen LogP contribution in [0.3, 0.4) is 0 Å². The van der Waals surface area contributed by atoms with Gasteiger partial charge in [0.2, 0.25) is 5.91 Å². The molecule has 2 aliphatic heterocycles. The van der Waals surface area contributed by atoms with E-state index < -0.39 is 0 Å². The predicted molar refractivity (Wildman–Crippen MR) is 113 cm³/mol. The number of amides is 1. The van der Waals surface area contributed by atoms with Crippen LogP contribution in [-0.2, 0) is 11.2 Å². The third-order valence-electron chi connectivity index (χ3n) is 5.88. The van der Waals surface area contributed by atoms with Crippen molar-refractivity contribution in [2.75, 3.05) is 24.6 Å². The third-order valence-corrected chi connectivity index (χ3v) is 5.88. The largest absolute Gasteiger partial charge is 0.492 e. The highest BCUT2D eigenvalue weighted by Gasteiger charge is 2.30. The Morgan fingerprint density at radius 2 is 2.14 bits per heavy atom. The second-order valence-corrected chi connectivity index (χ2v) is 8.18. The van der Waals surface area contributed by atoms with Crippen LogP contribution in [0.2, 0.25) is 0 Å². The molecule has 1 aliphatic carbocycles. The Morgan fingerprint density at radius 3 is 2.75 bits per heavy atom. The number of fused-ring (bicyclic) bond motifs is 1. The molecule has 0 radical (unpaired) electrons. The van der Waals surface area contributed by atoms with E-state index in [1.807, 2.05) is 23.2 Å². The summed E-state index contributed by atoms with van der Waals surface area (Å²) in [6, 6.07) is 4.69. The SMILES string of the molecule is CC(=O)N1c2ccc(C(C=NC3CC3)=CN)c(OCC3CNC3)c2CC[C@@H]1C. The van der Waals surface area contributed by atoms with Crippen molar-refractivity contribution in [1.29, 1.82) is 0 Å². The molecule has 1 aromatic carbocycles. The van der Waals surface area contributed by atoms with Crippen molar-refractivity contribution in [2.24, 2.45) is 16.6 Å². The maximum Gasteiger partial charge on any atom is 0.224 e. The van der Waals surface area contributed by atoms with Gasteiger partial charge in [0.05, 0.1) is 18.3 Å². The van der Waals surface area contributed by atoms with E-state index in [2.05, 4.69) is 17.2 Å². The normalized spacial score (nSPS) is 22.9. The highest BCUT2D eigenvalue weighted by molar-refractivity contribution is 6.11. The molecule has 6 heteroatoms. The van der Waals surface area contributed by atoms with Crippen LogP contribution in [-0.4, -0.2) is 43.9 Å². The molecule has 2 fully saturated rings. The zero-order valence-electron chi connectivity index (χ0n) is 16.8. The summed E-state index contributed by atoms with van der Waals surface area (Å²) >= 11 is 0. The Balaban J connectivity index is 1.73. The van der Waals surface area contributed by atoms with Crippen LogP contribution in [0, 0.1) is 5.92 Å². The fraction of sp³-hybridized carbons (Fsp3) is 0.545. The van der Waals surface area contributed by atoms with Crippen molar-refractivity contribution in [3.63, 3.8) is 0 Å². The van der Waals surface area contributed by atoms with Crippen molar-refractivity contribution >= 4 is 23.4 Å². The van der Waals surface area contributed by atoms with Crippen molar-refractivity contribution in [3.05, 3.63) is 29.5 Å². The molecule has 1 amide bonds. The zero-order valence-corrected chi connectivity index (χ0v) is 16.8. The first-order chi connectivity index (χ1) is 13.6. The van der Waals surface area contributed by atoms with Crippen LogP contribution in [0.15, 0.2) is 23.3 Å². The van der Waals surface area contributed by atoms with Crippen LogP contribution in [0.4, 0.5) is 5.69 Å². The molecule has 0 unspecified atom stereocenters. The van der Waals surface area contributed by atoms with Crippen molar-refractivity contribution in [1.82, 2.24) is 5.32 Å². The van der Waals surface area contributed by atoms with E-state index in [-0.39, 0.29) is 11.9 Å². The number of nitrogens with one attached hydrogen (secondary N) is 1. The minimum atomic E-state index is 0.0697. The minimum absolute atomic E-state index is 0.0697. The molecule has 1 saturated heterocycles. The molecule has 28 heavy (non-hydrogen) atoms. The van der Waals surface area contributed by atoms with E-state index in [9.17, 15) is 4.79 Å². The molecule has 1 atom stereocenters. The average Bonchev–Trinajstić information content (AvgIpc) is 3.45. The van der Waals surface area contributed by atoms with E-state index in [4.69, 9.17) is 10.5 Å². The van der Waals surface area contributed by atoms with Crippen LogP contribution >= 0.6 is 0 Å². The highest BCUT2D eigenvalue weighted by atomic mass is 16.5. The molecule has 1 aromatic rings. The van der Waals surface area contributed by atoms with Crippen molar-refractivity contribution < 1.29 is 9.53 Å². The third kappa shape index (κ3) is 3.78. The van der Waals surface area contributed by atoms with Crippen LogP contribution in [0.1, 0.15) is 44.2 Å². The molecule has 3 N–H and O–H groups in total. The van der Waals surface area contributed by atoms with Gasteiger partial charge in [-0.3, -0.25) is 9.79 Å². The molecule has 0 spiro atoms. The number of hydrogen-bond acceptors (Lipinski definition) is 5. The van der Waals surface area contributed by atoms with Gasteiger partial charge in [-0.1, -0.05) is 0 Å². The number of allylic oxidation sites excluding steroid dienone is 1. The second-order valence-electron chi connectivity index (χ2n) is 8.18. The van der Waals surface area contributed by atoms with Gasteiger partial charge in [-0.05, 0) is 44.7 Å². The minimum Gasteiger partial charge on any atom is -0.492 e. The Morgan fingerprint density at radius 1 is 1.36 bits per heavy atom. The standard InChI is InChI=1S/C22H30N4O2/c1-14-3-6-20-21(26(14)15(2)27)8-7-19(17(9-23)12-25-18-4-5-18)22(20)28-13-16-10-24-11-16/h7-9,12,14,16,18,24H,3-6,10-11,13,23H2,1-2H3/t14-/m0/s1. The molecule has 3 aliphatic rings. The second kappa shape index (κ2) is 7.95.